The Morgan fingerprint density at radius 1 is 1.35 bits per heavy atom. The fraction of sp³-hybridized carbons (Fsp3) is 0.722. The molecule has 0 spiro atoms. The molecule has 0 aliphatic heterocycles. The van der Waals surface area contributed by atoms with Crippen molar-refractivity contribution >= 4 is 5.97 Å². The fourth-order valence-corrected chi connectivity index (χ4v) is 3.43. The van der Waals surface area contributed by atoms with Gasteiger partial charge in [0.25, 0.3) is 0 Å². The molecule has 0 saturated heterocycles. The topological polar surface area (TPSA) is 26.3 Å². The van der Waals surface area contributed by atoms with Gasteiger partial charge in [-0.15, -0.1) is 0 Å². The van der Waals surface area contributed by atoms with Gasteiger partial charge in [-0.3, -0.25) is 0 Å². The molecule has 0 unspecified atom stereocenters. The molecule has 0 aromatic carbocycles. The molecule has 110 valence electrons. The van der Waals surface area contributed by atoms with Crippen molar-refractivity contribution in [2.75, 3.05) is 0 Å². The Morgan fingerprint density at radius 3 is 2.75 bits per heavy atom. The molecule has 3 rings (SSSR count). The number of fused-ring (bicyclic) bond motifs is 1. The van der Waals surface area contributed by atoms with E-state index in [0.717, 1.165) is 18.3 Å². The summed E-state index contributed by atoms with van der Waals surface area (Å²) in [5.74, 6) is 2.16. The van der Waals surface area contributed by atoms with Gasteiger partial charge in [-0.25, -0.2) is 4.79 Å². The molecule has 0 radical (unpaired) electrons. The number of carbonyl (C=O) groups is 1. The first-order chi connectivity index (χ1) is 9.40. The van der Waals surface area contributed by atoms with Crippen LogP contribution in [0.15, 0.2) is 23.3 Å². The molecule has 0 bridgehead atoms. The Labute approximate surface area is 122 Å². The van der Waals surface area contributed by atoms with E-state index in [1.54, 1.807) is 11.6 Å². The van der Waals surface area contributed by atoms with Crippen LogP contribution in [0.2, 0.25) is 0 Å². The van der Waals surface area contributed by atoms with Crippen molar-refractivity contribution in [3.8, 4) is 0 Å². The van der Waals surface area contributed by atoms with Crippen LogP contribution < -0.4 is 0 Å². The molecule has 0 aromatic rings. The van der Waals surface area contributed by atoms with Crippen molar-refractivity contribution in [2.45, 2.75) is 64.9 Å². The van der Waals surface area contributed by atoms with Gasteiger partial charge in [-0.05, 0) is 58.3 Å². The van der Waals surface area contributed by atoms with Gasteiger partial charge in [-0.2, -0.15) is 0 Å². The van der Waals surface area contributed by atoms with Crippen molar-refractivity contribution in [1.82, 2.24) is 0 Å². The third-order valence-corrected chi connectivity index (χ3v) is 4.65. The van der Waals surface area contributed by atoms with E-state index in [4.69, 9.17) is 4.74 Å². The summed E-state index contributed by atoms with van der Waals surface area (Å²) >= 11 is 0. The minimum Gasteiger partial charge on any atom is -0.457 e. The van der Waals surface area contributed by atoms with Crippen LogP contribution in [0.5, 0.6) is 0 Å². The lowest BCUT2D eigenvalue weighted by Crippen LogP contribution is -2.27. The van der Waals surface area contributed by atoms with Crippen LogP contribution in [0.25, 0.3) is 0 Å². The Hall–Kier alpha value is -1.05. The molecule has 3 aliphatic carbocycles. The maximum Gasteiger partial charge on any atom is 0.331 e. The largest absolute Gasteiger partial charge is 0.457 e. The minimum atomic E-state index is -0.391. The summed E-state index contributed by atoms with van der Waals surface area (Å²) in [4.78, 5) is 11.8. The van der Waals surface area contributed by atoms with Crippen LogP contribution in [0.1, 0.15) is 59.3 Å². The molecular weight excluding hydrogens is 248 g/mol. The molecule has 2 atom stereocenters. The zero-order chi connectivity index (χ0) is 14.3. The van der Waals surface area contributed by atoms with Gasteiger partial charge in [-0.1, -0.05) is 30.1 Å². The van der Waals surface area contributed by atoms with E-state index < -0.39 is 5.60 Å². The van der Waals surface area contributed by atoms with E-state index in [-0.39, 0.29) is 5.97 Å². The lowest BCUT2D eigenvalue weighted by molar-refractivity contribution is -0.148. The number of hydrogen-bond donors (Lipinski definition) is 0. The molecule has 0 aromatic heterocycles. The third kappa shape index (κ3) is 3.34. The number of ether oxygens (including phenoxy) is 1. The van der Waals surface area contributed by atoms with Crippen molar-refractivity contribution in [3.63, 3.8) is 0 Å². The average molecular weight is 274 g/mol. The van der Waals surface area contributed by atoms with Crippen molar-refractivity contribution in [2.24, 2.45) is 17.8 Å². The van der Waals surface area contributed by atoms with E-state index in [9.17, 15) is 4.79 Å². The second-order valence-corrected chi connectivity index (χ2v) is 7.75. The van der Waals surface area contributed by atoms with Crippen LogP contribution in [0, 0.1) is 17.8 Å². The molecule has 2 saturated carbocycles. The van der Waals surface area contributed by atoms with Gasteiger partial charge in [0.05, 0.1) is 0 Å². The average Bonchev–Trinajstić information content (AvgIpc) is 3.06. The van der Waals surface area contributed by atoms with Crippen molar-refractivity contribution < 1.29 is 9.53 Å². The van der Waals surface area contributed by atoms with Gasteiger partial charge >= 0.3 is 5.97 Å². The van der Waals surface area contributed by atoms with Gasteiger partial charge in [0.1, 0.15) is 5.60 Å². The summed E-state index contributed by atoms with van der Waals surface area (Å²) < 4.78 is 5.37. The van der Waals surface area contributed by atoms with E-state index in [1.807, 2.05) is 20.8 Å². The molecular formula is C18H26O2. The predicted molar refractivity (Wildman–Crippen MR) is 80.2 cm³/mol. The molecule has 0 N–H and O–H groups in total. The zero-order valence-electron chi connectivity index (χ0n) is 12.9. The monoisotopic (exact) mass is 274 g/mol. The Kier molecular flexibility index (Phi) is 3.51. The molecule has 20 heavy (non-hydrogen) atoms. The standard InChI is InChI=1S/C18H26O2/c1-18(2,3)20-17(19)11-15-10-14-8-13(9-16(14)15)7-6-12-4-5-12/h9,11-12,14,16H,4-8,10H2,1-3H3/b15-11-/t14-,16-/m1/s1. The van der Waals surface area contributed by atoms with Crippen LogP contribution >= 0.6 is 0 Å². The number of hydrogen-bond acceptors (Lipinski definition) is 2. The number of rotatable bonds is 4. The Balaban J connectivity index is 1.54. The summed E-state index contributed by atoms with van der Waals surface area (Å²) in [5, 5.41) is 0. The van der Waals surface area contributed by atoms with Crippen LogP contribution in [-0.2, 0) is 9.53 Å². The molecule has 2 heteroatoms. The summed E-state index contributed by atoms with van der Waals surface area (Å²) in [6, 6.07) is 0. The molecule has 0 heterocycles. The van der Waals surface area contributed by atoms with Crippen LogP contribution in [0.4, 0.5) is 0 Å². The minimum absolute atomic E-state index is 0.175. The summed E-state index contributed by atoms with van der Waals surface area (Å²) in [6.45, 7) is 5.75. The highest BCUT2D eigenvalue weighted by Gasteiger charge is 2.39. The zero-order valence-corrected chi connectivity index (χ0v) is 12.9. The first-order valence-corrected chi connectivity index (χ1v) is 8.04. The van der Waals surface area contributed by atoms with Crippen molar-refractivity contribution in [3.05, 3.63) is 23.3 Å². The summed E-state index contributed by atoms with van der Waals surface area (Å²) in [7, 11) is 0. The highest BCUT2D eigenvalue weighted by Crippen LogP contribution is 2.51. The highest BCUT2D eigenvalue weighted by atomic mass is 16.6. The number of allylic oxidation sites excluding steroid dienone is 3. The maximum atomic E-state index is 11.8. The molecule has 2 nitrogen and oxygen atoms in total. The SMILES string of the molecule is CC(C)(C)OC(=O)/C=C1/C[C@H]2CC(CCC3CC3)=C[C@@H]12. The van der Waals surface area contributed by atoms with Gasteiger partial charge < -0.3 is 4.74 Å². The van der Waals surface area contributed by atoms with Crippen LogP contribution in [-0.4, -0.2) is 11.6 Å². The van der Waals surface area contributed by atoms with E-state index in [2.05, 4.69) is 6.08 Å². The lowest BCUT2D eigenvalue weighted by Gasteiger charge is -2.33. The second-order valence-electron chi connectivity index (χ2n) is 7.75. The lowest BCUT2D eigenvalue weighted by atomic mass is 9.71. The van der Waals surface area contributed by atoms with Crippen LogP contribution in [0.3, 0.4) is 0 Å². The molecule has 0 amide bonds. The first-order valence-electron chi connectivity index (χ1n) is 8.04. The fourth-order valence-electron chi connectivity index (χ4n) is 3.43. The second kappa shape index (κ2) is 5.05. The highest BCUT2D eigenvalue weighted by molar-refractivity contribution is 5.83. The van der Waals surface area contributed by atoms with Gasteiger partial charge in [0.2, 0.25) is 0 Å². The van der Waals surface area contributed by atoms with Crippen molar-refractivity contribution in [1.29, 1.82) is 0 Å². The number of carbonyl (C=O) groups excluding carboxylic acids is 1. The molecule has 3 aliphatic rings. The van der Waals surface area contributed by atoms with E-state index >= 15 is 0 Å². The van der Waals surface area contributed by atoms with Gasteiger partial charge in [0.15, 0.2) is 0 Å². The van der Waals surface area contributed by atoms with E-state index in [1.165, 1.54) is 37.7 Å². The van der Waals surface area contributed by atoms with Gasteiger partial charge in [0, 0.05) is 12.0 Å². The Morgan fingerprint density at radius 2 is 2.10 bits per heavy atom. The normalized spacial score (nSPS) is 30.8. The number of esters is 1. The smallest absolute Gasteiger partial charge is 0.331 e. The predicted octanol–water partition coefficient (Wildman–Crippen LogP) is 4.41. The summed E-state index contributed by atoms with van der Waals surface area (Å²) in [5.41, 5.74) is 2.53. The third-order valence-electron chi connectivity index (χ3n) is 4.65. The summed E-state index contributed by atoms with van der Waals surface area (Å²) in [6.07, 6.45) is 12.1. The van der Waals surface area contributed by atoms with E-state index in [0.29, 0.717) is 5.92 Å². The Bertz CT molecular complexity index is 460. The quantitative estimate of drug-likeness (QED) is 0.431. The first kappa shape index (κ1) is 13.9. The maximum absolute atomic E-state index is 11.8. The molecule has 2 fully saturated rings.